The van der Waals surface area contributed by atoms with Gasteiger partial charge in [0.05, 0.1) is 11.0 Å². The van der Waals surface area contributed by atoms with E-state index in [2.05, 4.69) is 0 Å². The fourth-order valence-electron chi connectivity index (χ4n) is 3.55. The molecule has 28 heavy (non-hydrogen) atoms. The first kappa shape index (κ1) is 17.9. The van der Waals surface area contributed by atoms with E-state index in [1.807, 2.05) is 0 Å². The van der Waals surface area contributed by atoms with Gasteiger partial charge in [0.15, 0.2) is 12.0 Å². The van der Waals surface area contributed by atoms with Crippen LogP contribution in [0.25, 0.3) is 21.8 Å². The highest BCUT2D eigenvalue weighted by Gasteiger charge is 2.27. The predicted octanol–water partition coefficient (Wildman–Crippen LogP) is 1.85. The molecule has 0 radical (unpaired) electrons. The van der Waals surface area contributed by atoms with Crippen molar-refractivity contribution in [1.82, 2.24) is 9.47 Å². The zero-order valence-electron chi connectivity index (χ0n) is 15.1. The first-order chi connectivity index (χ1) is 13.6. The molecule has 4 rings (SSSR count). The minimum Gasteiger partial charge on any atom is -0.454 e. The molecule has 3 aromatic rings. The van der Waals surface area contributed by atoms with E-state index in [4.69, 9.17) is 4.74 Å². The number of imide groups is 1. The Bertz CT molecular complexity index is 1100. The standard InChI is InChI=1S/C21H18N2O5/c24-18-10-5-11-22(18)19(25)13-28-20(26)12-23-16-8-3-1-6-14(16)21(27)15-7-2-4-9-17(15)23/h1-4,6-9H,5,10-13H2. The van der Waals surface area contributed by atoms with Crippen molar-refractivity contribution in [2.24, 2.45) is 0 Å². The molecule has 1 aromatic heterocycles. The van der Waals surface area contributed by atoms with Gasteiger partial charge in [0.1, 0.15) is 6.54 Å². The van der Waals surface area contributed by atoms with E-state index in [1.165, 1.54) is 0 Å². The van der Waals surface area contributed by atoms with Crippen LogP contribution >= 0.6 is 0 Å². The molecule has 7 heteroatoms. The minimum absolute atomic E-state index is 0.0986. The molecular formula is C21H18N2O5. The van der Waals surface area contributed by atoms with E-state index in [1.54, 1.807) is 53.1 Å². The molecule has 0 bridgehead atoms. The summed E-state index contributed by atoms with van der Waals surface area (Å²) in [5, 5.41) is 1.01. The highest BCUT2D eigenvalue weighted by atomic mass is 16.5. The molecule has 2 heterocycles. The summed E-state index contributed by atoms with van der Waals surface area (Å²) < 4.78 is 6.82. The topological polar surface area (TPSA) is 85.7 Å². The first-order valence-electron chi connectivity index (χ1n) is 9.05. The van der Waals surface area contributed by atoms with Crippen LogP contribution in [0.5, 0.6) is 0 Å². The third kappa shape index (κ3) is 3.15. The number of nitrogens with zero attached hydrogens (tertiary/aromatic N) is 2. The van der Waals surface area contributed by atoms with Gasteiger partial charge < -0.3 is 9.30 Å². The second kappa shape index (κ2) is 7.26. The Morgan fingerprint density at radius 3 is 2.11 bits per heavy atom. The van der Waals surface area contributed by atoms with Crippen molar-refractivity contribution in [2.45, 2.75) is 19.4 Å². The van der Waals surface area contributed by atoms with E-state index in [0.717, 1.165) is 4.90 Å². The Hall–Kier alpha value is -3.48. The minimum atomic E-state index is -0.612. The summed E-state index contributed by atoms with van der Waals surface area (Å²) in [6.45, 7) is -0.257. The van der Waals surface area contributed by atoms with Gasteiger partial charge in [-0.1, -0.05) is 24.3 Å². The number of benzene rings is 2. The molecule has 0 unspecified atom stereocenters. The zero-order valence-corrected chi connectivity index (χ0v) is 15.1. The molecule has 1 fully saturated rings. The van der Waals surface area contributed by atoms with Crippen LogP contribution in [0.1, 0.15) is 12.8 Å². The third-order valence-corrected chi connectivity index (χ3v) is 4.90. The lowest BCUT2D eigenvalue weighted by Gasteiger charge is -2.16. The Balaban J connectivity index is 1.61. The van der Waals surface area contributed by atoms with Crippen LogP contribution in [0.3, 0.4) is 0 Å². The lowest BCUT2D eigenvalue weighted by atomic mass is 10.1. The monoisotopic (exact) mass is 378 g/mol. The number of ether oxygens (including phenoxy) is 1. The molecular weight excluding hydrogens is 360 g/mol. The van der Waals surface area contributed by atoms with Crippen LogP contribution in [0, 0.1) is 0 Å². The molecule has 2 amide bonds. The number of fused-ring (bicyclic) bond motifs is 2. The summed E-state index contributed by atoms with van der Waals surface area (Å²) in [5.41, 5.74) is 1.13. The van der Waals surface area contributed by atoms with Crippen LogP contribution in [-0.2, 0) is 25.7 Å². The van der Waals surface area contributed by atoms with Gasteiger partial charge in [0.2, 0.25) is 5.91 Å². The number of esters is 1. The molecule has 1 saturated heterocycles. The van der Waals surface area contributed by atoms with Crippen molar-refractivity contribution in [3.63, 3.8) is 0 Å². The number of pyridine rings is 1. The van der Waals surface area contributed by atoms with E-state index >= 15 is 0 Å². The fraction of sp³-hybridized carbons (Fsp3) is 0.238. The van der Waals surface area contributed by atoms with Gasteiger partial charge in [-0.05, 0) is 30.7 Å². The Morgan fingerprint density at radius 1 is 0.929 bits per heavy atom. The molecule has 1 aliphatic rings. The van der Waals surface area contributed by atoms with E-state index in [0.29, 0.717) is 41.2 Å². The smallest absolute Gasteiger partial charge is 0.326 e. The largest absolute Gasteiger partial charge is 0.454 e. The maximum absolute atomic E-state index is 12.7. The highest BCUT2D eigenvalue weighted by Crippen LogP contribution is 2.19. The van der Waals surface area contributed by atoms with Gasteiger partial charge in [-0.3, -0.25) is 24.1 Å². The van der Waals surface area contributed by atoms with E-state index < -0.39 is 18.5 Å². The zero-order chi connectivity index (χ0) is 19.7. The normalized spacial score (nSPS) is 14.0. The molecule has 0 N–H and O–H groups in total. The van der Waals surface area contributed by atoms with Gasteiger partial charge in [-0.25, -0.2) is 0 Å². The summed E-state index contributed by atoms with van der Waals surface area (Å²) in [4.78, 5) is 49.9. The molecule has 0 aliphatic carbocycles. The van der Waals surface area contributed by atoms with Crippen molar-refractivity contribution < 1.29 is 19.1 Å². The van der Waals surface area contributed by atoms with Gasteiger partial charge in [0, 0.05) is 23.7 Å². The van der Waals surface area contributed by atoms with Gasteiger partial charge >= 0.3 is 5.97 Å². The molecule has 0 spiro atoms. The van der Waals surface area contributed by atoms with Gasteiger partial charge in [-0.2, -0.15) is 0 Å². The summed E-state index contributed by atoms with van der Waals surface area (Å²) >= 11 is 0. The number of carbonyl (C=O) groups is 3. The number of amides is 2. The number of carbonyl (C=O) groups excluding carboxylic acids is 3. The molecule has 2 aromatic carbocycles. The van der Waals surface area contributed by atoms with Gasteiger partial charge in [0.25, 0.3) is 5.91 Å². The highest BCUT2D eigenvalue weighted by molar-refractivity contribution is 5.98. The van der Waals surface area contributed by atoms with Crippen LogP contribution in [0.4, 0.5) is 0 Å². The van der Waals surface area contributed by atoms with Crippen molar-refractivity contribution in [2.75, 3.05) is 13.2 Å². The van der Waals surface area contributed by atoms with E-state index in [-0.39, 0.29) is 17.9 Å². The van der Waals surface area contributed by atoms with Crippen LogP contribution in [-0.4, -0.2) is 40.4 Å². The Kier molecular flexibility index (Phi) is 4.65. The number of hydrogen-bond acceptors (Lipinski definition) is 5. The van der Waals surface area contributed by atoms with E-state index in [9.17, 15) is 19.2 Å². The van der Waals surface area contributed by atoms with Crippen molar-refractivity contribution in [3.05, 3.63) is 58.8 Å². The molecule has 0 atom stereocenters. The molecule has 142 valence electrons. The number of aromatic nitrogens is 1. The molecule has 0 saturated carbocycles. The second-order valence-corrected chi connectivity index (χ2v) is 6.65. The van der Waals surface area contributed by atoms with Gasteiger partial charge in [-0.15, -0.1) is 0 Å². The summed E-state index contributed by atoms with van der Waals surface area (Å²) in [5.74, 6) is -1.36. The summed E-state index contributed by atoms with van der Waals surface area (Å²) in [6.07, 6.45) is 0.975. The lowest BCUT2D eigenvalue weighted by Crippen LogP contribution is -2.35. The second-order valence-electron chi connectivity index (χ2n) is 6.65. The Labute approximate surface area is 160 Å². The number of likely N-dealkylation sites (tertiary alicyclic amines) is 1. The quantitative estimate of drug-likeness (QED) is 0.511. The SMILES string of the molecule is O=C(Cn1c2ccccc2c(=O)c2ccccc21)OCC(=O)N1CCCC1=O. The summed E-state index contributed by atoms with van der Waals surface area (Å²) in [7, 11) is 0. The third-order valence-electron chi connectivity index (χ3n) is 4.90. The first-order valence-corrected chi connectivity index (χ1v) is 9.05. The molecule has 7 nitrogen and oxygen atoms in total. The Morgan fingerprint density at radius 2 is 1.54 bits per heavy atom. The van der Waals surface area contributed by atoms with Crippen LogP contribution < -0.4 is 5.43 Å². The number of rotatable bonds is 4. The average molecular weight is 378 g/mol. The maximum atomic E-state index is 12.7. The fourth-order valence-corrected chi connectivity index (χ4v) is 3.55. The average Bonchev–Trinajstić information content (AvgIpc) is 3.15. The number of hydrogen-bond donors (Lipinski definition) is 0. The predicted molar refractivity (Wildman–Crippen MR) is 103 cm³/mol. The molecule has 1 aliphatic heterocycles. The lowest BCUT2D eigenvalue weighted by molar-refractivity contribution is -0.155. The van der Waals surface area contributed by atoms with Crippen molar-refractivity contribution in [3.8, 4) is 0 Å². The van der Waals surface area contributed by atoms with Crippen molar-refractivity contribution in [1.29, 1.82) is 0 Å². The van der Waals surface area contributed by atoms with Crippen LogP contribution in [0.15, 0.2) is 53.3 Å². The van der Waals surface area contributed by atoms with Crippen molar-refractivity contribution >= 4 is 39.6 Å². The maximum Gasteiger partial charge on any atom is 0.326 e. The van der Waals surface area contributed by atoms with Crippen LogP contribution in [0.2, 0.25) is 0 Å². The summed E-state index contributed by atoms with van der Waals surface area (Å²) in [6, 6.07) is 14.1. The number of para-hydroxylation sites is 2.